The summed E-state index contributed by atoms with van der Waals surface area (Å²) >= 11 is 0. The fraction of sp³-hybridized carbons (Fsp3) is 0.905. The molecule has 160 valence electrons. The normalized spacial score (nSPS) is 13.0. The molecule has 6 nitrogen and oxygen atoms in total. The number of hydrogen-bond donors (Lipinski definition) is 4. The van der Waals surface area contributed by atoms with E-state index in [1.54, 1.807) is 13.8 Å². The Kier molecular flexibility index (Phi) is 11.5. The first-order valence-electron chi connectivity index (χ1n) is 10.3. The number of rotatable bonds is 16. The summed E-state index contributed by atoms with van der Waals surface area (Å²) < 4.78 is 0. The minimum Gasteiger partial charge on any atom is -0.330 e. The summed E-state index contributed by atoms with van der Waals surface area (Å²) in [6, 6.07) is 0. The van der Waals surface area contributed by atoms with E-state index < -0.39 is 11.1 Å². The molecule has 0 aromatic heterocycles. The van der Waals surface area contributed by atoms with Gasteiger partial charge in [0, 0.05) is 25.0 Å². The van der Waals surface area contributed by atoms with Gasteiger partial charge in [0.1, 0.15) is 11.6 Å². The molecule has 6 heteroatoms. The summed E-state index contributed by atoms with van der Waals surface area (Å²) in [4.78, 5) is 23.7. The summed E-state index contributed by atoms with van der Waals surface area (Å²) in [6.45, 7) is 16.9. The maximum atomic E-state index is 11.8. The molecule has 0 saturated carbocycles. The molecule has 0 radical (unpaired) electrons. The molecule has 0 amide bonds. The third-order valence-electron chi connectivity index (χ3n) is 5.53. The number of Topliss-reactive ketones (excluding diaryl/α,β-unsaturated/α-hetero) is 2. The number of ketones is 2. The standard InChI is InChI=1S/C21H44N4O2/c1-17(26)19(3,4)24-15-21(7,16-25-20(5,6)18(2)27)14-23-13-11-9-8-10-12-22/h23-25H,8-16,22H2,1-7H3. The molecule has 0 aliphatic rings. The highest BCUT2D eigenvalue weighted by molar-refractivity contribution is 5.85. The number of nitrogens with one attached hydrogen (secondary N) is 3. The highest BCUT2D eigenvalue weighted by Gasteiger charge is 2.32. The van der Waals surface area contributed by atoms with Gasteiger partial charge in [0.15, 0.2) is 0 Å². The SMILES string of the molecule is CC(=O)C(C)(C)NCC(C)(CNCCCCCCN)CNC(C)(C)C(C)=O. The molecule has 0 unspecified atom stereocenters. The van der Waals surface area contributed by atoms with Crippen molar-refractivity contribution < 1.29 is 9.59 Å². The van der Waals surface area contributed by atoms with Gasteiger partial charge in [-0.1, -0.05) is 19.8 Å². The molecule has 0 aliphatic carbocycles. The molecule has 5 N–H and O–H groups in total. The average Bonchev–Trinajstić information content (AvgIpc) is 2.57. The van der Waals surface area contributed by atoms with Crippen LogP contribution in [-0.4, -0.2) is 55.4 Å². The van der Waals surface area contributed by atoms with E-state index >= 15 is 0 Å². The van der Waals surface area contributed by atoms with E-state index in [0.29, 0.717) is 13.1 Å². The lowest BCUT2D eigenvalue weighted by molar-refractivity contribution is -0.122. The van der Waals surface area contributed by atoms with Crippen LogP contribution < -0.4 is 21.7 Å². The van der Waals surface area contributed by atoms with Gasteiger partial charge in [-0.15, -0.1) is 0 Å². The van der Waals surface area contributed by atoms with Crippen molar-refractivity contribution in [2.75, 3.05) is 32.7 Å². The second kappa shape index (κ2) is 11.9. The van der Waals surface area contributed by atoms with Gasteiger partial charge in [-0.25, -0.2) is 0 Å². The molecule has 0 aliphatic heterocycles. The molecule has 0 spiro atoms. The largest absolute Gasteiger partial charge is 0.330 e. The first-order chi connectivity index (χ1) is 12.4. The van der Waals surface area contributed by atoms with Crippen molar-refractivity contribution in [1.29, 1.82) is 0 Å². The Balaban J connectivity index is 4.73. The molecule has 0 rings (SSSR count). The van der Waals surface area contributed by atoms with Crippen molar-refractivity contribution in [1.82, 2.24) is 16.0 Å². The first kappa shape index (κ1) is 26.2. The molecular formula is C21H44N4O2. The fourth-order valence-electron chi connectivity index (χ4n) is 2.44. The van der Waals surface area contributed by atoms with Crippen LogP contribution in [0, 0.1) is 5.41 Å². The van der Waals surface area contributed by atoms with Crippen LogP contribution in [0.25, 0.3) is 0 Å². The fourth-order valence-corrected chi connectivity index (χ4v) is 2.44. The van der Waals surface area contributed by atoms with Crippen molar-refractivity contribution >= 4 is 11.6 Å². The predicted molar refractivity (Wildman–Crippen MR) is 114 cm³/mol. The van der Waals surface area contributed by atoms with Crippen LogP contribution in [0.15, 0.2) is 0 Å². The molecule has 0 aromatic carbocycles. The van der Waals surface area contributed by atoms with Gasteiger partial charge >= 0.3 is 0 Å². The van der Waals surface area contributed by atoms with Gasteiger partial charge < -0.3 is 21.7 Å². The zero-order valence-electron chi connectivity index (χ0n) is 18.8. The zero-order valence-corrected chi connectivity index (χ0v) is 18.8. The molecule has 27 heavy (non-hydrogen) atoms. The van der Waals surface area contributed by atoms with Crippen molar-refractivity contribution in [2.24, 2.45) is 11.1 Å². The Morgan fingerprint density at radius 1 is 0.741 bits per heavy atom. The summed E-state index contributed by atoms with van der Waals surface area (Å²) in [7, 11) is 0. The van der Waals surface area contributed by atoms with Crippen LogP contribution in [0.5, 0.6) is 0 Å². The Labute approximate surface area is 166 Å². The lowest BCUT2D eigenvalue weighted by Gasteiger charge is -2.37. The Hall–Kier alpha value is -0.820. The van der Waals surface area contributed by atoms with E-state index in [4.69, 9.17) is 5.73 Å². The number of nitrogens with two attached hydrogens (primary N) is 1. The topological polar surface area (TPSA) is 96.2 Å². The summed E-state index contributed by atoms with van der Waals surface area (Å²) in [5.74, 6) is 0.240. The van der Waals surface area contributed by atoms with E-state index in [0.717, 1.165) is 32.5 Å². The van der Waals surface area contributed by atoms with Crippen molar-refractivity contribution in [3.05, 3.63) is 0 Å². The molecule has 0 saturated heterocycles. The molecular weight excluding hydrogens is 340 g/mol. The maximum absolute atomic E-state index is 11.8. The summed E-state index contributed by atoms with van der Waals surface area (Å²) in [6.07, 6.45) is 4.59. The minimum absolute atomic E-state index is 0.120. The Morgan fingerprint density at radius 2 is 1.19 bits per heavy atom. The highest BCUT2D eigenvalue weighted by atomic mass is 16.1. The molecule has 0 bridgehead atoms. The van der Waals surface area contributed by atoms with Crippen molar-refractivity contribution in [2.45, 2.75) is 85.2 Å². The van der Waals surface area contributed by atoms with Gasteiger partial charge in [-0.3, -0.25) is 9.59 Å². The van der Waals surface area contributed by atoms with E-state index in [2.05, 4.69) is 22.9 Å². The van der Waals surface area contributed by atoms with Gasteiger partial charge in [0.2, 0.25) is 0 Å². The number of carbonyl (C=O) groups excluding carboxylic acids is 2. The van der Waals surface area contributed by atoms with Crippen LogP contribution in [0.1, 0.15) is 74.1 Å². The minimum atomic E-state index is -0.556. The lowest BCUT2D eigenvalue weighted by Crippen LogP contribution is -2.57. The number of hydrogen-bond acceptors (Lipinski definition) is 6. The summed E-state index contributed by atoms with van der Waals surface area (Å²) in [5, 5.41) is 10.4. The van der Waals surface area contributed by atoms with Crippen LogP contribution in [-0.2, 0) is 9.59 Å². The quantitative estimate of drug-likeness (QED) is 0.304. The predicted octanol–water partition coefficient (Wildman–Crippen LogP) is 2.02. The van der Waals surface area contributed by atoms with Gasteiger partial charge in [-0.05, 0) is 67.5 Å². The van der Waals surface area contributed by atoms with Crippen LogP contribution in [0.2, 0.25) is 0 Å². The second-order valence-corrected chi connectivity index (χ2v) is 9.26. The monoisotopic (exact) mass is 384 g/mol. The van der Waals surface area contributed by atoms with Crippen LogP contribution >= 0.6 is 0 Å². The van der Waals surface area contributed by atoms with Gasteiger partial charge in [-0.2, -0.15) is 0 Å². The molecule has 0 fully saturated rings. The first-order valence-corrected chi connectivity index (χ1v) is 10.3. The maximum Gasteiger partial charge on any atom is 0.149 e. The third kappa shape index (κ3) is 10.9. The lowest BCUT2D eigenvalue weighted by atomic mass is 9.86. The van der Waals surface area contributed by atoms with E-state index in [-0.39, 0.29) is 17.0 Å². The highest BCUT2D eigenvalue weighted by Crippen LogP contribution is 2.18. The molecule has 0 heterocycles. The zero-order chi connectivity index (χ0) is 21.1. The molecule has 0 aromatic rings. The average molecular weight is 385 g/mol. The van der Waals surface area contributed by atoms with Gasteiger partial charge in [0.05, 0.1) is 11.1 Å². The van der Waals surface area contributed by atoms with E-state index in [1.165, 1.54) is 12.8 Å². The Morgan fingerprint density at radius 3 is 1.59 bits per heavy atom. The van der Waals surface area contributed by atoms with Crippen LogP contribution in [0.3, 0.4) is 0 Å². The second-order valence-electron chi connectivity index (χ2n) is 9.26. The van der Waals surface area contributed by atoms with Crippen molar-refractivity contribution in [3.63, 3.8) is 0 Å². The third-order valence-corrected chi connectivity index (χ3v) is 5.53. The summed E-state index contributed by atoms with van der Waals surface area (Å²) in [5.41, 5.74) is 4.29. The Bertz CT molecular complexity index is 431. The molecule has 0 atom stereocenters. The van der Waals surface area contributed by atoms with Gasteiger partial charge in [0.25, 0.3) is 0 Å². The van der Waals surface area contributed by atoms with Crippen LogP contribution in [0.4, 0.5) is 0 Å². The van der Waals surface area contributed by atoms with E-state index in [9.17, 15) is 9.59 Å². The van der Waals surface area contributed by atoms with E-state index in [1.807, 2.05) is 27.7 Å². The number of unbranched alkanes of at least 4 members (excludes halogenated alkanes) is 3. The smallest absolute Gasteiger partial charge is 0.149 e. The van der Waals surface area contributed by atoms with Crippen molar-refractivity contribution in [3.8, 4) is 0 Å². The number of carbonyl (C=O) groups is 2.